The number of nitrogens with two attached hydrogens (primary N) is 1. The van der Waals surface area contributed by atoms with Crippen LogP contribution in [0.1, 0.15) is 0 Å². The summed E-state index contributed by atoms with van der Waals surface area (Å²) in [5.74, 6) is -3.40. The summed E-state index contributed by atoms with van der Waals surface area (Å²) in [6.45, 7) is 0. The lowest BCUT2D eigenvalue weighted by atomic mass is 10.3. The Labute approximate surface area is 113 Å². The minimum atomic E-state index is -4.34. The zero-order valence-corrected chi connectivity index (χ0v) is 10.7. The van der Waals surface area contributed by atoms with Crippen molar-refractivity contribution in [2.75, 3.05) is 10.5 Å². The van der Waals surface area contributed by atoms with Gasteiger partial charge in [-0.2, -0.15) is 0 Å². The van der Waals surface area contributed by atoms with Gasteiger partial charge in [-0.15, -0.1) is 0 Å². The van der Waals surface area contributed by atoms with E-state index in [0.717, 1.165) is 18.2 Å². The van der Waals surface area contributed by atoms with Gasteiger partial charge in [0, 0.05) is 6.07 Å². The molecule has 0 aromatic heterocycles. The fourth-order valence-corrected chi connectivity index (χ4v) is 2.82. The molecular weight excluding hydrogens is 293 g/mol. The zero-order chi connectivity index (χ0) is 14.9. The molecule has 0 fully saturated rings. The molecule has 0 amide bonds. The van der Waals surface area contributed by atoms with Gasteiger partial charge in [0.15, 0.2) is 11.6 Å². The Balaban J connectivity index is 2.43. The van der Waals surface area contributed by atoms with E-state index < -0.39 is 32.4 Å². The molecule has 2 aromatic carbocycles. The molecule has 0 spiro atoms. The molecule has 0 atom stereocenters. The number of sulfonamides is 1. The highest BCUT2D eigenvalue weighted by Crippen LogP contribution is 2.24. The number of nitrogens with one attached hydrogen (secondary N) is 1. The maximum Gasteiger partial charge on any atom is 0.266 e. The molecule has 0 saturated heterocycles. The molecule has 0 aliphatic rings. The monoisotopic (exact) mass is 302 g/mol. The Hall–Kier alpha value is -2.22. The first-order chi connectivity index (χ1) is 9.31. The summed E-state index contributed by atoms with van der Waals surface area (Å²) in [5.41, 5.74) is 4.89. The molecule has 0 heterocycles. The van der Waals surface area contributed by atoms with Crippen LogP contribution in [0.3, 0.4) is 0 Å². The quantitative estimate of drug-likeness (QED) is 0.856. The highest BCUT2D eigenvalue weighted by Gasteiger charge is 2.22. The Morgan fingerprint density at radius 2 is 1.65 bits per heavy atom. The van der Waals surface area contributed by atoms with Crippen molar-refractivity contribution in [1.82, 2.24) is 0 Å². The second kappa shape index (κ2) is 5.04. The van der Waals surface area contributed by atoms with Crippen molar-refractivity contribution in [1.29, 1.82) is 0 Å². The Morgan fingerprint density at radius 1 is 0.950 bits per heavy atom. The maximum atomic E-state index is 13.6. The minimum absolute atomic E-state index is 0.244. The standard InChI is InChI=1S/C12H9F3N2O2S/c13-8-5-4-7(6-10(8)15)17-20(18,19)12-9(14)2-1-3-11(12)16/h1-6,17H,16H2. The van der Waals surface area contributed by atoms with Crippen LogP contribution in [0, 0.1) is 17.5 Å². The van der Waals surface area contributed by atoms with Crippen LogP contribution in [0.4, 0.5) is 24.5 Å². The molecule has 0 aliphatic heterocycles. The minimum Gasteiger partial charge on any atom is -0.398 e. The van der Waals surface area contributed by atoms with E-state index in [-0.39, 0.29) is 11.4 Å². The SMILES string of the molecule is Nc1cccc(F)c1S(=O)(=O)Nc1ccc(F)c(F)c1. The first-order valence-electron chi connectivity index (χ1n) is 5.33. The maximum absolute atomic E-state index is 13.6. The molecule has 4 nitrogen and oxygen atoms in total. The lowest BCUT2D eigenvalue weighted by Gasteiger charge is -2.11. The first-order valence-corrected chi connectivity index (χ1v) is 6.81. The van der Waals surface area contributed by atoms with Crippen LogP contribution in [-0.4, -0.2) is 8.42 Å². The van der Waals surface area contributed by atoms with E-state index in [2.05, 4.69) is 0 Å². The van der Waals surface area contributed by atoms with Crippen molar-refractivity contribution in [2.45, 2.75) is 4.90 Å². The second-order valence-corrected chi connectivity index (χ2v) is 5.51. The van der Waals surface area contributed by atoms with E-state index in [1.165, 1.54) is 12.1 Å². The van der Waals surface area contributed by atoms with Crippen LogP contribution in [0.2, 0.25) is 0 Å². The van der Waals surface area contributed by atoms with Crippen LogP contribution in [0.25, 0.3) is 0 Å². The summed E-state index contributed by atoms with van der Waals surface area (Å²) in [7, 11) is -4.34. The molecule has 0 unspecified atom stereocenters. The number of hydrogen-bond acceptors (Lipinski definition) is 3. The van der Waals surface area contributed by atoms with Crippen molar-refractivity contribution < 1.29 is 21.6 Å². The first kappa shape index (κ1) is 14.2. The summed E-state index contributed by atoms with van der Waals surface area (Å²) in [5, 5.41) is 0. The van der Waals surface area contributed by atoms with Gasteiger partial charge >= 0.3 is 0 Å². The van der Waals surface area contributed by atoms with Crippen LogP contribution >= 0.6 is 0 Å². The van der Waals surface area contributed by atoms with Gasteiger partial charge in [-0.05, 0) is 24.3 Å². The van der Waals surface area contributed by atoms with Gasteiger partial charge in [0.05, 0.1) is 11.4 Å². The Bertz CT molecular complexity index is 743. The van der Waals surface area contributed by atoms with E-state index in [1.807, 2.05) is 4.72 Å². The molecule has 3 N–H and O–H groups in total. The van der Waals surface area contributed by atoms with Gasteiger partial charge in [-0.25, -0.2) is 21.6 Å². The largest absolute Gasteiger partial charge is 0.398 e. The summed E-state index contributed by atoms with van der Waals surface area (Å²) in [6, 6.07) is 5.79. The third-order valence-electron chi connectivity index (χ3n) is 2.44. The lowest BCUT2D eigenvalue weighted by Crippen LogP contribution is -2.16. The van der Waals surface area contributed by atoms with Gasteiger partial charge in [-0.1, -0.05) is 6.07 Å². The zero-order valence-electron chi connectivity index (χ0n) is 9.90. The highest BCUT2D eigenvalue weighted by atomic mass is 32.2. The van der Waals surface area contributed by atoms with E-state index >= 15 is 0 Å². The summed E-state index contributed by atoms with van der Waals surface area (Å²) in [6.07, 6.45) is 0. The smallest absolute Gasteiger partial charge is 0.266 e. The average Bonchev–Trinajstić information content (AvgIpc) is 2.33. The number of rotatable bonds is 3. The number of anilines is 2. The molecule has 2 aromatic rings. The molecule has 0 radical (unpaired) electrons. The van der Waals surface area contributed by atoms with E-state index in [1.54, 1.807) is 0 Å². The van der Waals surface area contributed by atoms with Crippen molar-refractivity contribution in [3.05, 3.63) is 53.8 Å². The fourth-order valence-electron chi connectivity index (χ4n) is 1.57. The summed E-state index contributed by atoms with van der Waals surface area (Å²) in [4.78, 5) is -0.746. The highest BCUT2D eigenvalue weighted by molar-refractivity contribution is 7.92. The normalized spacial score (nSPS) is 11.3. The van der Waals surface area contributed by atoms with Crippen molar-refractivity contribution in [3.8, 4) is 0 Å². The lowest BCUT2D eigenvalue weighted by molar-refractivity contribution is 0.509. The summed E-state index contributed by atoms with van der Waals surface area (Å²) >= 11 is 0. The van der Waals surface area contributed by atoms with Crippen LogP contribution in [-0.2, 0) is 10.0 Å². The fraction of sp³-hybridized carbons (Fsp3) is 0. The van der Waals surface area contributed by atoms with Gasteiger partial charge in [0.25, 0.3) is 10.0 Å². The molecule has 0 aliphatic carbocycles. The average molecular weight is 302 g/mol. The molecule has 0 saturated carbocycles. The van der Waals surface area contributed by atoms with Gasteiger partial charge < -0.3 is 5.73 Å². The molecule has 106 valence electrons. The predicted molar refractivity (Wildman–Crippen MR) is 68.0 cm³/mol. The van der Waals surface area contributed by atoms with Crippen LogP contribution < -0.4 is 10.5 Å². The molecule has 0 bridgehead atoms. The van der Waals surface area contributed by atoms with Gasteiger partial charge in [-0.3, -0.25) is 4.72 Å². The third kappa shape index (κ3) is 2.69. The topological polar surface area (TPSA) is 72.2 Å². The molecule has 8 heteroatoms. The van der Waals surface area contributed by atoms with Crippen LogP contribution in [0.15, 0.2) is 41.3 Å². The van der Waals surface area contributed by atoms with E-state index in [4.69, 9.17) is 5.73 Å². The third-order valence-corrected chi connectivity index (χ3v) is 3.91. The molecular formula is C12H9F3N2O2S. The number of halogens is 3. The predicted octanol–water partition coefficient (Wildman–Crippen LogP) is 2.49. The Kier molecular flexibility index (Phi) is 3.58. The molecule has 20 heavy (non-hydrogen) atoms. The Morgan fingerprint density at radius 3 is 2.25 bits per heavy atom. The van der Waals surface area contributed by atoms with E-state index in [9.17, 15) is 21.6 Å². The summed E-state index contributed by atoms with van der Waals surface area (Å²) < 4.78 is 65.2. The van der Waals surface area contributed by atoms with Crippen LogP contribution in [0.5, 0.6) is 0 Å². The van der Waals surface area contributed by atoms with Gasteiger partial charge in [0.1, 0.15) is 10.7 Å². The van der Waals surface area contributed by atoms with Gasteiger partial charge in [0.2, 0.25) is 0 Å². The van der Waals surface area contributed by atoms with Crippen molar-refractivity contribution >= 4 is 21.4 Å². The number of hydrogen-bond donors (Lipinski definition) is 2. The van der Waals surface area contributed by atoms with Crippen molar-refractivity contribution in [3.63, 3.8) is 0 Å². The second-order valence-electron chi connectivity index (χ2n) is 3.89. The number of benzene rings is 2. The number of nitrogen functional groups attached to an aromatic ring is 1. The van der Waals surface area contributed by atoms with E-state index in [0.29, 0.717) is 6.07 Å². The molecule has 2 rings (SSSR count). The van der Waals surface area contributed by atoms with Crippen molar-refractivity contribution in [2.24, 2.45) is 0 Å².